The number of hydrogen-bond acceptors (Lipinski definition) is 6. The van der Waals surface area contributed by atoms with Crippen LogP contribution in [0.2, 0.25) is 0 Å². The minimum atomic E-state index is -4.69. The molecule has 2 aliphatic rings. The molecule has 2 fully saturated rings. The highest BCUT2D eigenvalue weighted by molar-refractivity contribution is 5.76. The highest BCUT2D eigenvalue weighted by Gasteiger charge is 2.35. The molecule has 194 valence electrons. The molecule has 7 nitrogen and oxygen atoms in total. The average molecular weight is 505 g/mol. The Morgan fingerprint density at radius 3 is 2.31 bits per heavy atom. The number of carbonyl (C=O) groups excluding carboxylic acids is 1. The average Bonchev–Trinajstić information content (AvgIpc) is 2.89. The minimum Gasteiger partial charge on any atom is -0.490 e. The van der Waals surface area contributed by atoms with Gasteiger partial charge in [-0.1, -0.05) is 18.2 Å². The van der Waals surface area contributed by atoms with Crippen molar-refractivity contribution in [2.45, 2.75) is 38.0 Å². The lowest BCUT2D eigenvalue weighted by Crippen LogP contribution is -2.47. The van der Waals surface area contributed by atoms with Gasteiger partial charge in [0.05, 0.1) is 5.56 Å². The SMILES string of the molecule is O=Nc1ccc(OC2CCN(C(=O)CCCN3CCN(c4ccccc4)CC3)CC2)cc1C(F)(F)F. The molecule has 0 atom stereocenters. The minimum absolute atomic E-state index is 0.0480. The monoisotopic (exact) mass is 504 g/mol. The van der Waals surface area contributed by atoms with Crippen LogP contribution in [0.15, 0.2) is 53.7 Å². The Labute approximate surface area is 208 Å². The molecule has 2 saturated heterocycles. The van der Waals surface area contributed by atoms with Crippen LogP contribution in [0, 0.1) is 4.91 Å². The molecule has 0 unspecified atom stereocenters. The Morgan fingerprint density at radius 1 is 0.972 bits per heavy atom. The maximum absolute atomic E-state index is 13.1. The summed E-state index contributed by atoms with van der Waals surface area (Å²) in [7, 11) is 0. The first-order valence-electron chi connectivity index (χ1n) is 12.3. The molecule has 0 bridgehead atoms. The predicted molar refractivity (Wildman–Crippen MR) is 131 cm³/mol. The predicted octanol–water partition coefficient (Wildman–Crippen LogP) is 5.08. The number of piperidine rings is 1. The Kier molecular flexibility index (Phi) is 8.45. The van der Waals surface area contributed by atoms with E-state index in [1.54, 1.807) is 0 Å². The van der Waals surface area contributed by atoms with Gasteiger partial charge < -0.3 is 14.5 Å². The van der Waals surface area contributed by atoms with Crippen molar-refractivity contribution in [2.24, 2.45) is 5.18 Å². The van der Waals surface area contributed by atoms with Crippen molar-refractivity contribution >= 4 is 17.3 Å². The summed E-state index contributed by atoms with van der Waals surface area (Å²) in [5.41, 5.74) is -0.520. The number of nitroso groups, excluding NO2 is 1. The second-order valence-corrected chi connectivity index (χ2v) is 9.23. The number of para-hydroxylation sites is 1. The number of benzene rings is 2. The molecule has 36 heavy (non-hydrogen) atoms. The van der Waals surface area contributed by atoms with E-state index in [2.05, 4.69) is 39.2 Å². The number of carbonyl (C=O) groups is 1. The molecule has 1 amide bonds. The van der Waals surface area contributed by atoms with Crippen LogP contribution >= 0.6 is 0 Å². The number of nitrogens with zero attached hydrogens (tertiary/aromatic N) is 4. The molecule has 4 rings (SSSR count). The van der Waals surface area contributed by atoms with Crippen LogP contribution in [-0.2, 0) is 11.0 Å². The van der Waals surface area contributed by atoms with Crippen LogP contribution in [0.3, 0.4) is 0 Å². The Bertz CT molecular complexity index is 1020. The molecule has 2 aromatic rings. The van der Waals surface area contributed by atoms with Gasteiger partial charge in [-0.3, -0.25) is 9.69 Å². The topological polar surface area (TPSA) is 65.5 Å². The smallest absolute Gasteiger partial charge is 0.418 e. The third-order valence-electron chi connectivity index (χ3n) is 6.83. The first-order chi connectivity index (χ1) is 17.3. The van der Waals surface area contributed by atoms with E-state index in [4.69, 9.17) is 4.74 Å². The van der Waals surface area contributed by atoms with E-state index >= 15 is 0 Å². The molecule has 2 aromatic carbocycles. The maximum atomic E-state index is 13.1. The van der Waals surface area contributed by atoms with E-state index in [1.165, 1.54) is 11.8 Å². The number of alkyl halides is 3. The fourth-order valence-electron chi connectivity index (χ4n) is 4.79. The molecular weight excluding hydrogens is 473 g/mol. The molecule has 0 aliphatic carbocycles. The van der Waals surface area contributed by atoms with Gasteiger partial charge >= 0.3 is 6.18 Å². The summed E-state index contributed by atoms with van der Waals surface area (Å²) in [5, 5.41) is 2.45. The Morgan fingerprint density at radius 2 is 1.67 bits per heavy atom. The number of likely N-dealkylation sites (tertiary alicyclic amines) is 1. The van der Waals surface area contributed by atoms with E-state index in [0.29, 0.717) is 32.4 Å². The lowest BCUT2D eigenvalue weighted by atomic mass is 10.1. The first kappa shape index (κ1) is 25.9. The summed E-state index contributed by atoms with van der Waals surface area (Å²) < 4.78 is 45.1. The van der Waals surface area contributed by atoms with E-state index < -0.39 is 17.4 Å². The number of amides is 1. The van der Waals surface area contributed by atoms with E-state index in [-0.39, 0.29) is 17.8 Å². The van der Waals surface area contributed by atoms with E-state index in [0.717, 1.165) is 51.3 Å². The third-order valence-corrected chi connectivity index (χ3v) is 6.83. The van der Waals surface area contributed by atoms with Gasteiger partial charge in [0, 0.05) is 64.2 Å². The van der Waals surface area contributed by atoms with Crippen molar-refractivity contribution in [3.05, 3.63) is 59.0 Å². The quantitative estimate of drug-likeness (QED) is 0.470. The normalized spacial score (nSPS) is 17.8. The molecule has 2 aliphatic heterocycles. The number of piperazine rings is 1. The lowest BCUT2D eigenvalue weighted by molar-refractivity contribution is -0.137. The van der Waals surface area contributed by atoms with Crippen LogP contribution in [0.4, 0.5) is 24.5 Å². The van der Waals surface area contributed by atoms with Gasteiger partial charge in [-0.25, -0.2) is 0 Å². The van der Waals surface area contributed by atoms with Crippen molar-refractivity contribution in [1.82, 2.24) is 9.80 Å². The summed E-state index contributed by atoms with van der Waals surface area (Å²) in [4.78, 5) is 29.9. The fraction of sp³-hybridized carbons (Fsp3) is 0.500. The Balaban J connectivity index is 1.16. The van der Waals surface area contributed by atoms with Crippen molar-refractivity contribution in [2.75, 3.05) is 50.7 Å². The summed E-state index contributed by atoms with van der Waals surface area (Å²) in [6.07, 6.45) is -2.60. The summed E-state index contributed by atoms with van der Waals surface area (Å²) in [6, 6.07) is 13.5. The maximum Gasteiger partial charge on any atom is 0.418 e. The number of rotatable bonds is 8. The Hall–Kier alpha value is -3.14. The standard InChI is InChI=1S/C26H31F3N4O3/c27-26(28,29)23-19-22(8-9-24(23)30-35)36-21-10-13-33(14-11-21)25(34)7-4-12-31-15-17-32(18-16-31)20-5-2-1-3-6-20/h1-3,5-6,8-9,19,21H,4,7,10-18H2. The highest BCUT2D eigenvalue weighted by atomic mass is 19.4. The zero-order chi connectivity index (χ0) is 25.5. The van der Waals surface area contributed by atoms with Gasteiger partial charge in [-0.2, -0.15) is 13.2 Å². The zero-order valence-corrected chi connectivity index (χ0v) is 20.1. The molecule has 0 saturated carbocycles. The summed E-state index contributed by atoms with van der Waals surface area (Å²) >= 11 is 0. The second kappa shape index (κ2) is 11.7. The van der Waals surface area contributed by atoms with Crippen LogP contribution in [0.5, 0.6) is 5.75 Å². The number of anilines is 1. The van der Waals surface area contributed by atoms with Crippen LogP contribution < -0.4 is 9.64 Å². The molecule has 0 N–H and O–H groups in total. The van der Waals surface area contributed by atoms with Gasteiger partial charge in [0.1, 0.15) is 17.5 Å². The van der Waals surface area contributed by atoms with Gasteiger partial charge in [0.2, 0.25) is 5.91 Å². The van der Waals surface area contributed by atoms with E-state index in [1.807, 2.05) is 11.0 Å². The molecule has 10 heteroatoms. The van der Waals surface area contributed by atoms with Crippen LogP contribution in [-0.4, -0.2) is 67.6 Å². The van der Waals surface area contributed by atoms with Gasteiger partial charge in [-0.05, 0) is 48.5 Å². The first-order valence-corrected chi connectivity index (χ1v) is 12.3. The molecule has 0 spiro atoms. The lowest BCUT2D eigenvalue weighted by Gasteiger charge is -2.36. The van der Waals surface area contributed by atoms with Crippen molar-refractivity contribution in [3.63, 3.8) is 0 Å². The van der Waals surface area contributed by atoms with Crippen LogP contribution in [0.1, 0.15) is 31.2 Å². The van der Waals surface area contributed by atoms with Crippen molar-refractivity contribution < 1.29 is 22.7 Å². The number of hydrogen-bond donors (Lipinski definition) is 0. The van der Waals surface area contributed by atoms with Crippen molar-refractivity contribution in [1.29, 1.82) is 0 Å². The van der Waals surface area contributed by atoms with Gasteiger partial charge in [-0.15, -0.1) is 4.91 Å². The van der Waals surface area contributed by atoms with Gasteiger partial charge in [0.15, 0.2) is 0 Å². The molecule has 0 aromatic heterocycles. The fourth-order valence-corrected chi connectivity index (χ4v) is 4.79. The molecular formula is C26H31F3N4O3. The second-order valence-electron chi connectivity index (χ2n) is 9.23. The number of halogens is 3. The van der Waals surface area contributed by atoms with Gasteiger partial charge in [0.25, 0.3) is 0 Å². The summed E-state index contributed by atoms with van der Waals surface area (Å²) in [5.74, 6) is 0.156. The zero-order valence-electron chi connectivity index (χ0n) is 20.1. The van der Waals surface area contributed by atoms with E-state index in [9.17, 15) is 22.9 Å². The van der Waals surface area contributed by atoms with Crippen molar-refractivity contribution in [3.8, 4) is 5.75 Å². The third kappa shape index (κ3) is 6.75. The molecule has 0 radical (unpaired) electrons. The van der Waals surface area contributed by atoms with Crippen LogP contribution in [0.25, 0.3) is 0 Å². The summed E-state index contributed by atoms with van der Waals surface area (Å²) in [6.45, 7) is 5.83. The number of ether oxygens (including phenoxy) is 1. The largest absolute Gasteiger partial charge is 0.490 e. The molecule has 2 heterocycles. The highest BCUT2D eigenvalue weighted by Crippen LogP contribution is 2.38.